The second-order valence-electron chi connectivity index (χ2n) is 2.53. The molecule has 0 aliphatic heterocycles. The number of hydrogen-bond acceptors (Lipinski definition) is 2. The number of carboxylic acids is 1. The smallest absolute Gasteiger partial charge is 0.307 e. The number of carboxylic acid groups (broad SMARTS) is 1. The van der Waals surface area contributed by atoms with Gasteiger partial charge in [-0.2, -0.15) is 0 Å². The number of nitrogens with one attached hydrogen (secondary N) is 1. The van der Waals surface area contributed by atoms with Gasteiger partial charge in [-0.25, -0.2) is 0 Å². The van der Waals surface area contributed by atoms with Crippen molar-refractivity contribution in [3.05, 3.63) is 0 Å². The molecule has 1 amide bonds. The Morgan fingerprint density at radius 1 is 1.27 bits per heavy atom. The molecule has 1 unspecified atom stereocenters. The standard InChI is InChI=1S/C7H13NO3/c1-4(6(9)8-3)5(2)7(10)11/h4-5H,1-3H3,(H,8,9)(H,10,11)/t4-,5?/m1/s1. The highest BCUT2D eigenvalue weighted by atomic mass is 16.4. The van der Waals surface area contributed by atoms with Crippen molar-refractivity contribution < 1.29 is 14.7 Å². The van der Waals surface area contributed by atoms with Gasteiger partial charge < -0.3 is 10.4 Å². The summed E-state index contributed by atoms with van der Waals surface area (Å²) < 4.78 is 0. The molecule has 0 spiro atoms. The summed E-state index contributed by atoms with van der Waals surface area (Å²) in [5.74, 6) is -2.28. The maximum Gasteiger partial charge on any atom is 0.307 e. The maximum absolute atomic E-state index is 10.9. The van der Waals surface area contributed by atoms with Crippen LogP contribution in [0.4, 0.5) is 0 Å². The van der Waals surface area contributed by atoms with Crippen molar-refractivity contribution in [3.8, 4) is 0 Å². The summed E-state index contributed by atoms with van der Waals surface area (Å²) in [6.07, 6.45) is 0. The molecule has 4 nitrogen and oxygen atoms in total. The van der Waals surface area contributed by atoms with Crippen LogP contribution in [0.1, 0.15) is 13.8 Å². The third kappa shape index (κ3) is 2.57. The molecule has 2 atom stereocenters. The van der Waals surface area contributed by atoms with Gasteiger partial charge in [0.25, 0.3) is 0 Å². The molecule has 0 saturated heterocycles. The van der Waals surface area contributed by atoms with E-state index in [9.17, 15) is 9.59 Å². The average molecular weight is 159 g/mol. The average Bonchev–Trinajstić information content (AvgIpc) is 2.00. The Bertz CT molecular complexity index is 167. The van der Waals surface area contributed by atoms with Gasteiger partial charge in [0.1, 0.15) is 0 Å². The summed E-state index contributed by atoms with van der Waals surface area (Å²) in [5.41, 5.74) is 0. The molecule has 0 aromatic heterocycles. The number of carbonyl (C=O) groups is 2. The number of aliphatic carboxylic acids is 1. The molecule has 0 bridgehead atoms. The predicted molar refractivity (Wildman–Crippen MR) is 40.0 cm³/mol. The Labute approximate surface area is 65.6 Å². The molecular formula is C7H13NO3. The van der Waals surface area contributed by atoms with Crippen molar-refractivity contribution in [2.75, 3.05) is 7.05 Å². The minimum Gasteiger partial charge on any atom is -0.481 e. The minimum atomic E-state index is -0.943. The van der Waals surface area contributed by atoms with Gasteiger partial charge in [-0.05, 0) is 0 Å². The largest absolute Gasteiger partial charge is 0.481 e. The summed E-state index contributed by atoms with van der Waals surface area (Å²) in [6, 6.07) is 0. The van der Waals surface area contributed by atoms with Gasteiger partial charge in [0, 0.05) is 13.0 Å². The van der Waals surface area contributed by atoms with Crippen LogP contribution in [0.25, 0.3) is 0 Å². The van der Waals surface area contributed by atoms with Gasteiger partial charge in [0.05, 0.1) is 5.92 Å². The van der Waals surface area contributed by atoms with Crippen LogP contribution in [0, 0.1) is 11.8 Å². The zero-order valence-electron chi connectivity index (χ0n) is 6.92. The Hall–Kier alpha value is -1.06. The number of amides is 1. The van der Waals surface area contributed by atoms with Crippen LogP contribution >= 0.6 is 0 Å². The third-order valence-corrected chi connectivity index (χ3v) is 1.80. The minimum absolute atomic E-state index is 0.236. The van der Waals surface area contributed by atoms with E-state index in [0.29, 0.717) is 0 Å². The highest BCUT2D eigenvalue weighted by Crippen LogP contribution is 2.10. The topological polar surface area (TPSA) is 66.4 Å². The van der Waals surface area contributed by atoms with Gasteiger partial charge in [0.2, 0.25) is 5.91 Å². The quantitative estimate of drug-likeness (QED) is 0.613. The zero-order valence-corrected chi connectivity index (χ0v) is 6.92. The van der Waals surface area contributed by atoms with E-state index in [4.69, 9.17) is 5.11 Å². The third-order valence-electron chi connectivity index (χ3n) is 1.80. The Morgan fingerprint density at radius 3 is 2.00 bits per heavy atom. The molecule has 64 valence electrons. The molecule has 0 aromatic rings. The van der Waals surface area contributed by atoms with E-state index >= 15 is 0 Å². The van der Waals surface area contributed by atoms with Crippen LogP contribution in [0.5, 0.6) is 0 Å². The van der Waals surface area contributed by atoms with Gasteiger partial charge in [-0.15, -0.1) is 0 Å². The van der Waals surface area contributed by atoms with Crippen molar-refractivity contribution in [2.24, 2.45) is 11.8 Å². The molecule has 0 fully saturated rings. The normalized spacial score (nSPS) is 15.2. The van der Waals surface area contributed by atoms with Crippen molar-refractivity contribution in [1.82, 2.24) is 5.32 Å². The van der Waals surface area contributed by atoms with Crippen molar-refractivity contribution in [2.45, 2.75) is 13.8 Å². The molecular weight excluding hydrogens is 146 g/mol. The second kappa shape index (κ2) is 3.95. The lowest BCUT2D eigenvalue weighted by atomic mass is 9.95. The first-order valence-corrected chi connectivity index (χ1v) is 3.45. The Morgan fingerprint density at radius 2 is 1.73 bits per heavy atom. The first kappa shape index (κ1) is 9.94. The molecule has 4 heteroatoms. The fraction of sp³-hybridized carbons (Fsp3) is 0.714. The first-order valence-electron chi connectivity index (χ1n) is 3.45. The van der Waals surface area contributed by atoms with E-state index in [2.05, 4.69) is 5.32 Å². The van der Waals surface area contributed by atoms with Crippen molar-refractivity contribution in [1.29, 1.82) is 0 Å². The van der Waals surface area contributed by atoms with E-state index in [1.807, 2.05) is 0 Å². The van der Waals surface area contributed by atoms with E-state index < -0.39 is 17.8 Å². The zero-order chi connectivity index (χ0) is 9.02. The van der Waals surface area contributed by atoms with Crippen LogP contribution in [0.3, 0.4) is 0 Å². The van der Waals surface area contributed by atoms with E-state index in [0.717, 1.165) is 0 Å². The van der Waals surface area contributed by atoms with Gasteiger partial charge in [-0.3, -0.25) is 9.59 Å². The highest BCUT2D eigenvalue weighted by Gasteiger charge is 2.24. The number of carbonyl (C=O) groups excluding carboxylic acids is 1. The monoisotopic (exact) mass is 159 g/mol. The number of rotatable bonds is 3. The van der Waals surface area contributed by atoms with Gasteiger partial charge >= 0.3 is 5.97 Å². The molecule has 2 N–H and O–H groups in total. The van der Waals surface area contributed by atoms with Crippen molar-refractivity contribution >= 4 is 11.9 Å². The summed E-state index contributed by atoms with van der Waals surface area (Å²) in [6.45, 7) is 3.11. The summed E-state index contributed by atoms with van der Waals surface area (Å²) in [5, 5.41) is 10.9. The predicted octanol–water partition coefficient (Wildman–Crippen LogP) is 0.0892. The SMILES string of the molecule is CNC(=O)[C@H](C)C(C)C(=O)O. The molecule has 0 rings (SSSR count). The molecule has 0 aliphatic rings. The fourth-order valence-corrected chi connectivity index (χ4v) is 0.669. The molecule has 0 saturated carbocycles. The Kier molecular flexibility index (Phi) is 3.57. The van der Waals surface area contributed by atoms with Crippen LogP contribution in [0.15, 0.2) is 0 Å². The maximum atomic E-state index is 10.9. The van der Waals surface area contributed by atoms with E-state index in [-0.39, 0.29) is 5.91 Å². The van der Waals surface area contributed by atoms with E-state index in [1.54, 1.807) is 6.92 Å². The molecule has 0 heterocycles. The fourth-order valence-electron chi connectivity index (χ4n) is 0.669. The van der Waals surface area contributed by atoms with Crippen LogP contribution in [-0.4, -0.2) is 24.0 Å². The van der Waals surface area contributed by atoms with Crippen LogP contribution < -0.4 is 5.32 Å². The van der Waals surface area contributed by atoms with E-state index in [1.165, 1.54) is 14.0 Å². The number of hydrogen-bond donors (Lipinski definition) is 2. The molecule has 0 aliphatic carbocycles. The molecule has 11 heavy (non-hydrogen) atoms. The summed E-state index contributed by atoms with van der Waals surface area (Å²) >= 11 is 0. The Balaban J connectivity index is 4.12. The van der Waals surface area contributed by atoms with Gasteiger partial charge in [-0.1, -0.05) is 13.8 Å². The van der Waals surface area contributed by atoms with Crippen molar-refractivity contribution in [3.63, 3.8) is 0 Å². The lowest BCUT2D eigenvalue weighted by molar-refractivity contribution is -0.145. The summed E-state index contributed by atoms with van der Waals surface area (Å²) in [4.78, 5) is 21.3. The lowest BCUT2D eigenvalue weighted by Gasteiger charge is -2.13. The van der Waals surface area contributed by atoms with Gasteiger partial charge in [0.15, 0.2) is 0 Å². The molecule has 0 radical (unpaired) electrons. The second-order valence-corrected chi connectivity index (χ2v) is 2.53. The highest BCUT2D eigenvalue weighted by molar-refractivity contribution is 5.83. The first-order chi connectivity index (χ1) is 5.00. The van der Waals surface area contributed by atoms with Crippen LogP contribution in [0.2, 0.25) is 0 Å². The lowest BCUT2D eigenvalue weighted by Crippen LogP contribution is -2.32. The van der Waals surface area contributed by atoms with Crippen LogP contribution in [-0.2, 0) is 9.59 Å². The summed E-state index contributed by atoms with van der Waals surface area (Å²) in [7, 11) is 1.49. The molecule has 0 aromatic carbocycles.